The predicted molar refractivity (Wildman–Crippen MR) is 120 cm³/mol. The van der Waals surface area contributed by atoms with E-state index in [9.17, 15) is 4.79 Å². The standard InChI is InChI=1S/C23H22N4O2S/c1-15(28)26-11-12-27-22(17-9-10-19-20(13-17)30-14-24-19)21(25-23(26)27)16-5-3-7-18(29-2)8-4-6-16/h3,5-7,9-10,13-14H,4,8,11-12H2,1-2H3/b5-3-,16-6+,18-7-. The van der Waals surface area contributed by atoms with Crippen LogP contribution in [0.15, 0.2) is 53.8 Å². The van der Waals surface area contributed by atoms with Gasteiger partial charge in [-0.05, 0) is 30.2 Å². The third-order valence-corrected chi connectivity index (χ3v) is 6.36. The highest BCUT2D eigenvalue weighted by molar-refractivity contribution is 7.16. The molecule has 0 atom stereocenters. The first-order valence-corrected chi connectivity index (χ1v) is 10.9. The van der Waals surface area contributed by atoms with Crippen LogP contribution in [0, 0.1) is 0 Å². The van der Waals surface area contributed by atoms with Crippen molar-refractivity contribution in [3.05, 3.63) is 59.5 Å². The lowest BCUT2D eigenvalue weighted by molar-refractivity contribution is -0.116. The van der Waals surface area contributed by atoms with Gasteiger partial charge in [-0.3, -0.25) is 9.69 Å². The highest BCUT2D eigenvalue weighted by atomic mass is 32.1. The second kappa shape index (κ2) is 7.57. The van der Waals surface area contributed by atoms with Crippen molar-refractivity contribution in [1.82, 2.24) is 14.5 Å². The number of carbonyl (C=O) groups excluding carboxylic acids is 1. The average Bonchev–Trinajstić information content (AvgIpc) is 3.41. The summed E-state index contributed by atoms with van der Waals surface area (Å²) < 4.78 is 8.71. The highest BCUT2D eigenvalue weighted by Gasteiger charge is 2.30. The summed E-state index contributed by atoms with van der Waals surface area (Å²) in [5, 5.41) is 0. The molecule has 1 aliphatic heterocycles. The van der Waals surface area contributed by atoms with Crippen LogP contribution in [0.2, 0.25) is 0 Å². The van der Waals surface area contributed by atoms with E-state index in [0.717, 1.165) is 63.8 Å². The van der Waals surface area contributed by atoms with Crippen LogP contribution in [-0.4, -0.2) is 34.1 Å². The summed E-state index contributed by atoms with van der Waals surface area (Å²) in [6.07, 6.45) is 10.00. The molecule has 6 nitrogen and oxygen atoms in total. The molecule has 3 aromatic rings. The van der Waals surface area contributed by atoms with Crippen LogP contribution in [0.5, 0.6) is 0 Å². The summed E-state index contributed by atoms with van der Waals surface area (Å²) in [5.41, 5.74) is 6.98. The SMILES string of the molecule is CO\C1=C/C=C\C(c2nc3n(c2-c2ccc4ncsc4c2)CCN3C(C)=O)=C/CC1. The van der Waals surface area contributed by atoms with Gasteiger partial charge in [0.1, 0.15) is 0 Å². The summed E-state index contributed by atoms with van der Waals surface area (Å²) in [4.78, 5) is 23.3. The summed E-state index contributed by atoms with van der Waals surface area (Å²) in [6.45, 7) is 2.99. The Hall–Kier alpha value is -3.19. The highest BCUT2D eigenvalue weighted by Crippen LogP contribution is 2.38. The van der Waals surface area contributed by atoms with Gasteiger partial charge < -0.3 is 9.30 Å². The molecule has 5 rings (SSSR count). The number of ether oxygens (including phenoxy) is 1. The zero-order chi connectivity index (χ0) is 20.7. The Kier molecular flexibility index (Phi) is 4.75. The minimum absolute atomic E-state index is 0.0182. The summed E-state index contributed by atoms with van der Waals surface area (Å²) in [7, 11) is 1.70. The lowest BCUT2D eigenvalue weighted by atomic mass is 10.0. The average molecular weight is 419 g/mol. The molecular weight excluding hydrogens is 396 g/mol. The number of rotatable bonds is 3. The lowest BCUT2D eigenvalue weighted by Crippen LogP contribution is -2.26. The molecule has 152 valence electrons. The van der Waals surface area contributed by atoms with Gasteiger partial charge in [0.25, 0.3) is 0 Å². The zero-order valence-corrected chi connectivity index (χ0v) is 17.8. The van der Waals surface area contributed by atoms with E-state index in [1.54, 1.807) is 30.3 Å². The van der Waals surface area contributed by atoms with E-state index >= 15 is 0 Å². The summed E-state index contributed by atoms with van der Waals surface area (Å²) in [5.74, 6) is 1.71. The molecule has 0 unspecified atom stereocenters. The molecule has 1 aliphatic carbocycles. The number of nitrogens with zero attached hydrogens (tertiary/aromatic N) is 4. The summed E-state index contributed by atoms with van der Waals surface area (Å²) >= 11 is 1.63. The van der Waals surface area contributed by atoms with Crippen LogP contribution in [-0.2, 0) is 16.1 Å². The van der Waals surface area contributed by atoms with Crippen LogP contribution in [0.25, 0.3) is 27.0 Å². The molecule has 0 N–H and O–H groups in total. The number of carbonyl (C=O) groups is 1. The number of thiazole rings is 1. The first kappa shape index (κ1) is 18.8. The molecule has 7 heteroatoms. The molecule has 2 aromatic heterocycles. The van der Waals surface area contributed by atoms with Crippen molar-refractivity contribution in [2.75, 3.05) is 18.6 Å². The van der Waals surface area contributed by atoms with Gasteiger partial charge in [-0.2, -0.15) is 0 Å². The molecule has 0 bridgehead atoms. The second-order valence-electron chi connectivity index (χ2n) is 7.36. The van der Waals surface area contributed by atoms with Gasteiger partial charge in [0.2, 0.25) is 11.9 Å². The molecule has 0 radical (unpaired) electrons. The number of benzene rings is 1. The molecule has 1 amide bonds. The number of allylic oxidation sites excluding steroid dienone is 6. The van der Waals surface area contributed by atoms with Crippen LogP contribution in [0.3, 0.4) is 0 Å². The Morgan fingerprint density at radius 1 is 1.27 bits per heavy atom. The topological polar surface area (TPSA) is 60.2 Å². The molecular formula is C23H22N4O2S. The Morgan fingerprint density at radius 3 is 3.00 bits per heavy atom. The third-order valence-electron chi connectivity index (χ3n) is 5.57. The number of methoxy groups -OCH3 is 1. The number of fused-ring (bicyclic) bond motifs is 2. The van der Waals surface area contributed by atoms with Gasteiger partial charge >= 0.3 is 0 Å². The Labute approximate surface area is 178 Å². The molecule has 30 heavy (non-hydrogen) atoms. The van der Waals surface area contributed by atoms with E-state index in [-0.39, 0.29) is 5.91 Å². The van der Waals surface area contributed by atoms with Crippen molar-refractivity contribution in [2.45, 2.75) is 26.3 Å². The first-order chi connectivity index (χ1) is 14.7. The van der Waals surface area contributed by atoms with E-state index in [2.05, 4.69) is 39.9 Å². The fourth-order valence-corrected chi connectivity index (χ4v) is 4.80. The van der Waals surface area contributed by atoms with E-state index in [4.69, 9.17) is 9.72 Å². The van der Waals surface area contributed by atoms with Crippen LogP contribution in [0.1, 0.15) is 25.5 Å². The van der Waals surface area contributed by atoms with E-state index in [1.807, 2.05) is 17.7 Å². The van der Waals surface area contributed by atoms with Crippen LogP contribution in [0.4, 0.5) is 5.95 Å². The maximum absolute atomic E-state index is 12.2. The molecule has 0 saturated carbocycles. The molecule has 0 spiro atoms. The van der Waals surface area contributed by atoms with Gasteiger partial charge in [-0.1, -0.05) is 24.3 Å². The Bertz CT molecular complexity index is 1230. The van der Waals surface area contributed by atoms with Gasteiger partial charge in [0.05, 0.1) is 40.0 Å². The number of hydrogen-bond acceptors (Lipinski definition) is 5. The van der Waals surface area contributed by atoms with Crippen molar-refractivity contribution in [3.8, 4) is 11.3 Å². The number of imidazole rings is 1. The van der Waals surface area contributed by atoms with Gasteiger partial charge in [-0.25, -0.2) is 9.97 Å². The Morgan fingerprint density at radius 2 is 2.17 bits per heavy atom. The van der Waals surface area contributed by atoms with Crippen molar-refractivity contribution >= 4 is 39.0 Å². The molecule has 3 heterocycles. The Balaban J connectivity index is 1.68. The molecule has 1 aromatic carbocycles. The number of amides is 1. The van der Waals surface area contributed by atoms with Crippen LogP contribution < -0.4 is 4.90 Å². The van der Waals surface area contributed by atoms with Gasteiger partial charge in [0, 0.05) is 32.0 Å². The van der Waals surface area contributed by atoms with Crippen molar-refractivity contribution in [1.29, 1.82) is 0 Å². The van der Waals surface area contributed by atoms with Gasteiger partial charge in [-0.15, -0.1) is 11.3 Å². The fraction of sp³-hybridized carbons (Fsp3) is 0.261. The third kappa shape index (κ3) is 3.15. The largest absolute Gasteiger partial charge is 0.501 e. The molecule has 2 aliphatic rings. The fourth-order valence-electron chi connectivity index (χ4n) is 4.08. The maximum atomic E-state index is 12.2. The lowest BCUT2D eigenvalue weighted by Gasteiger charge is -2.11. The maximum Gasteiger partial charge on any atom is 0.226 e. The first-order valence-electron chi connectivity index (χ1n) is 9.99. The number of anilines is 1. The van der Waals surface area contributed by atoms with E-state index < -0.39 is 0 Å². The minimum Gasteiger partial charge on any atom is -0.501 e. The zero-order valence-electron chi connectivity index (χ0n) is 17.0. The van der Waals surface area contributed by atoms with E-state index in [0.29, 0.717) is 6.54 Å². The van der Waals surface area contributed by atoms with Gasteiger partial charge in [0.15, 0.2) is 0 Å². The molecule has 0 saturated heterocycles. The normalized spacial score (nSPS) is 20.7. The number of aromatic nitrogens is 3. The number of hydrogen-bond donors (Lipinski definition) is 0. The van der Waals surface area contributed by atoms with Crippen LogP contribution >= 0.6 is 11.3 Å². The molecule has 0 fully saturated rings. The summed E-state index contributed by atoms with van der Waals surface area (Å²) in [6, 6.07) is 6.33. The van der Waals surface area contributed by atoms with Crippen molar-refractivity contribution in [3.63, 3.8) is 0 Å². The van der Waals surface area contributed by atoms with Crippen molar-refractivity contribution in [2.24, 2.45) is 0 Å². The van der Waals surface area contributed by atoms with E-state index in [1.165, 1.54) is 0 Å². The van der Waals surface area contributed by atoms with Crippen molar-refractivity contribution < 1.29 is 9.53 Å². The smallest absolute Gasteiger partial charge is 0.226 e. The monoisotopic (exact) mass is 418 g/mol. The minimum atomic E-state index is 0.0182. The quantitative estimate of drug-likeness (QED) is 0.614. The second-order valence-corrected chi connectivity index (χ2v) is 8.25. The predicted octanol–water partition coefficient (Wildman–Crippen LogP) is 4.79.